The van der Waals surface area contributed by atoms with Crippen LogP contribution < -0.4 is 0 Å². The summed E-state index contributed by atoms with van der Waals surface area (Å²) in [6, 6.07) is 14.9. The standard InChI is InChI=1S/C14H9BrN2O/c15-11-5-3-4-10(8-11)14(18)17-9-16-12-6-1-2-7-13(12)17/h1-9H. The molecule has 3 rings (SSSR count). The third-order valence-corrected chi connectivity index (χ3v) is 3.24. The number of fused-ring (bicyclic) bond motifs is 1. The maximum absolute atomic E-state index is 12.4. The van der Waals surface area contributed by atoms with E-state index in [0.717, 1.165) is 15.5 Å². The van der Waals surface area contributed by atoms with Gasteiger partial charge in [0.15, 0.2) is 0 Å². The van der Waals surface area contributed by atoms with E-state index in [-0.39, 0.29) is 5.91 Å². The first-order valence-corrected chi connectivity index (χ1v) is 6.27. The number of benzene rings is 2. The second kappa shape index (κ2) is 4.38. The second-order valence-electron chi connectivity index (χ2n) is 3.92. The van der Waals surface area contributed by atoms with Crippen molar-refractivity contribution in [1.29, 1.82) is 0 Å². The highest BCUT2D eigenvalue weighted by atomic mass is 79.9. The van der Waals surface area contributed by atoms with Crippen LogP contribution in [0.15, 0.2) is 59.3 Å². The van der Waals surface area contributed by atoms with Gasteiger partial charge < -0.3 is 0 Å². The van der Waals surface area contributed by atoms with E-state index in [1.54, 1.807) is 23.0 Å². The van der Waals surface area contributed by atoms with E-state index in [9.17, 15) is 4.79 Å². The number of carbonyl (C=O) groups excluding carboxylic acids is 1. The van der Waals surface area contributed by atoms with E-state index in [1.807, 2.05) is 36.4 Å². The molecule has 1 aromatic heterocycles. The minimum absolute atomic E-state index is 0.0787. The molecule has 0 aliphatic rings. The van der Waals surface area contributed by atoms with Gasteiger partial charge in [0, 0.05) is 10.0 Å². The molecule has 88 valence electrons. The zero-order valence-electron chi connectivity index (χ0n) is 9.38. The molecule has 18 heavy (non-hydrogen) atoms. The molecular formula is C14H9BrN2O. The van der Waals surface area contributed by atoms with Crippen LogP contribution in [0.4, 0.5) is 0 Å². The zero-order valence-corrected chi connectivity index (χ0v) is 11.0. The van der Waals surface area contributed by atoms with Crippen LogP contribution in [0.1, 0.15) is 10.4 Å². The minimum atomic E-state index is -0.0787. The molecule has 0 radical (unpaired) electrons. The van der Waals surface area contributed by atoms with Gasteiger partial charge in [-0.25, -0.2) is 4.98 Å². The Morgan fingerprint density at radius 2 is 1.94 bits per heavy atom. The van der Waals surface area contributed by atoms with Crippen molar-refractivity contribution < 1.29 is 4.79 Å². The molecule has 0 atom stereocenters. The Hall–Kier alpha value is -1.94. The van der Waals surface area contributed by atoms with E-state index in [1.165, 1.54) is 0 Å². The molecular weight excluding hydrogens is 292 g/mol. The highest BCUT2D eigenvalue weighted by Gasteiger charge is 2.11. The van der Waals surface area contributed by atoms with Gasteiger partial charge in [-0.05, 0) is 30.3 Å². The van der Waals surface area contributed by atoms with Crippen LogP contribution in [-0.4, -0.2) is 15.5 Å². The van der Waals surface area contributed by atoms with Crippen molar-refractivity contribution in [3.05, 3.63) is 64.9 Å². The summed E-state index contributed by atoms with van der Waals surface area (Å²) in [7, 11) is 0. The Morgan fingerprint density at radius 1 is 1.11 bits per heavy atom. The van der Waals surface area contributed by atoms with Crippen LogP contribution in [0.2, 0.25) is 0 Å². The summed E-state index contributed by atoms with van der Waals surface area (Å²) in [5.41, 5.74) is 2.27. The van der Waals surface area contributed by atoms with Crippen molar-refractivity contribution in [1.82, 2.24) is 9.55 Å². The maximum atomic E-state index is 12.4. The van der Waals surface area contributed by atoms with Crippen LogP contribution in [0.25, 0.3) is 11.0 Å². The summed E-state index contributed by atoms with van der Waals surface area (Å²) in [6.45, 7) is 0. The van der Waals surface area contributed by atoms with E-state index in [0.29, 0.717) is 5.56 Å². The average Bonchev–Trinajstić information content (AvgIpc) is 2.82. The number of nitrogens with zero attached hydrogens (tertiary/aromatic N) is 2. The molecule has 3 aromatic rings. The molecule has 2 aromatic carbocycles. The smallest absolute Gasteiger partial charge is 0.263 e. The fourth-order valence-electron chi connectivity index (χ4n) is 1.88. The fourth-order valence-corrected chi connectivity index (χ4v) is 2.28. The molecule has 0 aliphatic heterocycles. The maximum Gasteiger partial charge on any atom is 0.263 e. The molecule has 0 spiro atoms. The highest BCUT2D eigenvalue weighted by molar-refractivity contribution is 9.10. The van der Waals surface area contributed by atoms with E-state index >= 15 is 0 Å². The van der Waals surface area contributed by atoms with Crippen molar-refractivity contribution in [2.45, 2.75) is 0 Å². The van der Waals surface area contributed by atoms with Crippen LogP contribution in [0, 0.1) is 0 Å². The lowest BCUT2D eigenvalue weighted by molar-refractivity contribution is 0.0964. The normalized spacial score (nSPS) is 10.7. The lowest BCUT2D eigenvalue weighted by Crippen LogP contribution is -2.10. The van der Waals surface area contributed by atoms with Crippen LogP contribution >= 0.6 is 15.9 Å². The molecule has 0 bridgehead atoms. The predicted octanol–water partition coefficient (Wildman–Crippen LogP) is 3.49. The molecule has 0 unspecified atom stereocenters. The number of hydrogen-bond acceptors (Lipinski definition) is 2. The first-order valence-electron chi connectivity index (χ1n) is 5.48. The summed E-state index contributed by atoms with van der Waals surface area (Å²) in [6.07, 6.45) is 1.56. The Kier molecular flexibility index (Phi) is 2.72. The summed E-state index contributed by atoms with van der Waals surface area (Å²) in [5.74, 6) is -0.0787. The molecule has 0 fully saturated rings. The lowest BCUT2D eigenvalue weighted by atomic mass is 10.2. The quantitative estimate of drug-likeness (QED) is 0.689. The molecule has 1 heterocycles. The Balaban J connectivity index is 2.12. The Morgan fingerprint density at radius 3 is 2.78 bits per heavy atom. The van der Waals surface area contributed by atoms with Crippen molar-refractivity contribution in [3.63, 3.8) is 0 Å². The van der Waals surface area contributed by atoms with Gasteiger partial charge in [0.25, 0.3) is 5.91 Å². The van der Waals surface area contributed by atoms with E-state index in [2.05, 4.69) is 20.9 Å². The molecule has 0 aliphatic carbocycles. The first-order chi connectivity index (χ1) is 8.75. The first kappa shape index (κ1) is 11.2. The molecule has 3 nitrogen and oxygen atoms in total. The number of halogens is 1. The fraction of sp³-hybridized carbons (Fsp3) is 0. The van der Waals surface area contributed by atoms with Crippen molar-refractivity contribution >= 4 is 32.9 Å². The number of carbonyl (C=O) groups is 1. The van der Waals surface area contributed by atoms with Crippen molar-refractivity contribution in [3.8, 4) is 0 Å². The van der Waals surface area contributed by atoms with E-state index < -0.39 is 0 Å². The topological polar surface area (TPSA) is 34.9 Å². The van der Waals surface area contributed by atoms with Gasteiger partial charge in [-0.2, -0.15) is 0 Å². The Bertz CT molecular complexity index is 733. The molecule has 0 amide bonds. The lowest BCUT2D eigenvalue weighted by Gasteiger charge is -2.03. The van der Waals surface area contributed by atoms with Gasteiger partial charge in [0.05, 0.1) is 11.0 Å². The minimum Gasteiger partial charge on any atom is -0.268 e. The predicted molar refractivity (Wildman–Crippen MR) is 73.6 cm³/mol. The monoisotopic (exact) mass is 300 g/mol. The highest BCUT2D eigenvalue weighted by Crippen LogP contribution is 2.16. The molecule has 0 saturated heterocycles. The average molecular weight is 301 g/mol. The van der Waals surface area contributed by atoms with Gasteiger partial charge in [0.1, 0.15) is 6.33 Å². The van der Waals surface area contributed by atoms with E-state index in [4.69, 9.17) is 0 Å². The van der Waals surface area contributed by atoms with Gasteiger partial charge in [-0.3, -0.25) is 9.36 Å². The number of imidazole rings is 1. The number of aromatic nitrogens is 2. The van der Waals surface area contributed by atoms with Crippen LogP contribution in [0.3, 0.4) is 0 Å². The molecule has 0 N–H and O–H groups in total. The van der Waals surface area contributed by atoms with Gasteiger partial charge >= 0.3 is 0 Å². The summed E-state index contributed by atoms with van der Waals surface area (Å²) in [5, 5.41) is 0. The third-order valence-electron chi connectivity index (χ3n) is 2.74. The van der Waals surface area contributed by atoms with Gasteiger partial charge in [-0.15, -0.1) is 0 Å². The summed E-state index contributed by atoms with van der Waals surface area (Å²) >= 11 is 3.37. The molecule has 0 saturated carbocycles. The molecule has 4 heteroatoms. The van der Waals surface area contributed by atoms with Crippen LogP contribution in [0.5, 0.6) is 0 Å². The summed E-state index contributed by atoms with van der Waals surface area (Å²) in [4.78, 5) is 16.6. The number of para-hydroxylation sites is 2. The van der Waals surface area contributed by atoms with Crippen LogP contribution in [-0.2, 0) is 0 Å². The SMILES string of the molecule is O=C(c1cccc(Br)c1)n1cnc2ccccc21. The Labute approximate surface area is 112 Å². The number of hydrogen-bond donors (Lipinski definition) is 0. The zero-order chi connectivity index (χ0) is 12.5. The summed E-state index contributed by atoms with van der Waals surface area (Å²) < 4.78 is 2.45. The van der Waals surface area contributed by atoms with Gasteiger partial charge in [-0.1, -0.05) is 34.1 Å². The second-order valence-corrected chi connectivity index (χ2v) is 4.83. The van der Waals surface area contributed by atoms with Crippen molar-refractivity contribution in [2.75, 3.05) is 0 Å². The van der Waals surface area contributed by atoms with Gasteiger partial charge in [0.2, 0.25) is 0 Å². The number of rotatable bonds is 1. The largest absolute Gasteiger partial charge is 0.268 e. The van der Waals surface area contributed by atoms with Crippen molar-refractivity contribution in [2.24, 2.45) is 0 Å². The third kappa shape index (κ3) is 1.84.